The van der Waals surface area contributed by atoms with Crippen molar-refractivity contribution in [3.8, 4) is 5.69 Å². The number of anilines is 1. The van der Waals surface area contributed by atoms with Crippen LogP contribution in [-0.4, -0.2) is 9.55 Å². The van der Waals surface area contributed by atoms with Gasteiger partial charge in [-0.1, -0.05) is 37.6 Å². The fraction of sp³-hybridized carbons (Fsp3) is 0.235. The highest BCUT2D eigenvalue weighted by molar-refractivity contribution is 5.81. The maximum atomic E-state index is 6.15. The van der Waals surface area contributed by atoms with Crippen LogP contribution in [0.5, 0.6) is 0 Å². The number of nitrogen functional groups attached to an aromatic ring is 1. The van der Waals surface area contributed by atoms with Crippen LogP contribution in [0.2, 0.25) is 0 Å². The number of fused-ring (bicyclic) bond motifs is 1. The second kappa shape index (κ2) is 5.00. The molecule has 2 aromatic carbocycles. The Morgan fingerprint density at radius 3 is 2.75 bits per heavy atom. The van der Waals surface area contributed by atoms with Crippen LogP contribution in [0, 0.1) is 6.92 Å². The van der Waals surface area contributed by atoms with Crippen LogP contribution in [0.4, 0.5) is 5.95 Å². The minimum absolute atomic E-state index is 0.550. The molecule has 0 spiro atoms. The van der Waals surface area contributed by atoms with Gasteiger partial charge in [0.05, 0.1) is 16.7 Å². The molecular formula is C17H19N3. The summed E-state index contributed by atoms with van der Waals surface area (Å²) in [5, 5.41) is 0. The van der Waals surface area contributed by atoms with Crippen molar-refractivity contribution in [3.63, 3.8) is 0 Å². The summed E-state index contributed by atoms with van der Waals surface area (Å²) in [6.45, 7) is 4.28. The van der Waals surface area contributed by atoms with Crippen molar-refractivity contribution >= 4 is 17.0 Å². The minimum atomic E-state index is 0.550. The SMILES string of the molecule is CCCc1ccccc1-n1c(N)nc2ccc(C)cc21. The summed E-state index contributed by atoms with van der Waals surface area (Å²) < 4.78 is 2.06. The molecule has 1 aromatic heterocycles. The first kappa shape index (κ1) is 12.7. The molecule has 0 aliphatic heterocycles. The summed E-state index contributed by atoms with van der Waals surface area (Å²) in [4.78, 5) is 4.47. The van der Waals surface area contributed by atoms with Gasteiger partial charge in [-0.15, -0.1) is 0 Å². The normalized spacial score (nSPS) is 11.1. The number of para-hydroxylation sites is 1. The van der Waals surface area contributed by atoms with Gasteiger partial charge in [0.25, 0.3) is 0 Å². The predicted octanol–water partition coefficient (Wildman–Crippen LogP) is 3.87. The van der Waals surface area contributed by atoms with Crippen LogP contribution in [0.3, 0.4) is 0 Å². The highest BCUT2D eigenvalue weighted by Crippen LogP contribution is 2.26. The van der Waals surface area contributed by atoms with E-state index in [9.17, 15) is 0 Å². The molecule has 102 valence electrons. The Labute approximate surface area is 119 Å². The molecule has 0 saturated heterocycles. The Hall–Kier alpha value is -2.29. The van der Waals surface area contributed by atoms with Crippen LogP contribution in [-0.2, 0) is 6.42 Å². The van der Waals surface area contributed by atoms with Gasteiger partial charge in [0.2, 0.25) is 5.95 Å². The van der Waals surface area contributed by atoms with E-state index in [2.05, 4.69) is 59.8 Å². The maximum absolute atomic E-state index is 6.15. The van der Waals surface area contributed by atoms with Gasteiger partial charge in [-0.3, -0.25) is 4.57 Å². The van der Waals surface area contributed by atoms with Crippen LogP contribution >= 0.6 is 0 Å². The molecule has 0 fully saturated rings. The third kappa shape index (κ3) is 2.05. The van der Waals surface area contributed by atoms with Gasteiger partial charge in [-0.25, -0.2) is 4.98 Å². The Bertz CT molecular complexity index is 756. The second-order valence-electron chi connectivity index (χ2n) is 5.18. The second-order valence-corrected chi connectivity index (χ2v) is 5.18. The number of hydrogen-bond acceptors (Lipinski definition) is 2. The van der Waals surface area contributed by atoms with Crippen molar-refractivity contribution in [3.05, 3.63) is 53.6 Å². The summed E-state index contributed by atoms with van der Waals surface area (Å²) in [7, 11) is 0. The van der Waals surface area contributed by atoms with E-state index in [-0.39, 0.29) is 0 Å². The van der Waals surface area contributed by atoms with Gasteiger partial charge in [0, 0.05) is 0 Å². The van der Waals surface area contributed by atoms with Gasteiger partial charge >= 0.3 is 0 Å². The molecule has 3 heteroatoms. The lowest BCUT2D eigenvalue weighted by Gasteiger charge is -2.12. The molecule has 3 aromatic rings. The molecule has 2 N–H and O–H groups in total. The highest BCUT2D eigenvalue weighted by Gasteiger charge is 2.12. The number of aromatic nitrogens is 2. The Kier molecular flexibility index (Phi) is 3.18. The van der Waals surface area contributed by atoms with Crippen LogP contribution < -0.4 is 5.73 Å². The molecule has 0 aliphatic carbocycles. The Balaban J connectivity index is 2.29. The van der Waals surface area contributed by atoms with E-state index in [1.165, 1.54) is 11.1 Å². The van der Waals surface area contributed by atoms with Crippen molar-refractivity contribution in [2.24, 2.45) is 0 Å². The summed E-state index contributed by atoms with van der Waals surface area (Å²) in [5.74, 6) is 0.550. The lowest BCUT2D eigenvalue weighted by atomic mass is 10.1. The molecule has 0 unspecified atom stereocenters. The molecule has 0 bridgehead atoms. The van der Waals surface area contributed by atoms with E-state index < -0.39 is 0 Å². The first-order chi connectivity index (χ1) is 9.70. The Morgan fingerprint density at radius 2 is 1.95 bits per heavy atom. The third-order valence-electron chi connectivity index (χ3n) is 3.59. The van der Waals surface area contributed by atoms with Crippen molar-refractivity contribution in [1.29, 1.82) is 0 Å². The molecule has 3 nitrogen and oxygen atoms in total. The van der Waals surface area contributed by atoms with Crippen LogP contribution in [0.1, 0.15) is 24.5 Å². The average Bonchev–Trinajstić information content (AvgIpc) is 2.75. The highest BCUT2D eigenvalue weighted by atomic mass is 15.2. The van der Waals surface area contributed by atoms with Crippen LogP contribution in [0.25, 0.3) is 16.7 Å². The van der Waals surface area contributed by atoms with Gasteiger partial charge in [0.15, 0.2) is 0 Å². The van der Waals surface area contributed by atoms with E-state index in [4.69, 9.17) is 5.73 Å². The summed E-state index contributed by atoms with van der Waals surface area (Å²) in [5.41, 5.74) is 11.8. The van der Waals surface area contributed by atoms with Crippen molar-refractivity contribution in [2.75, 3.05) is 5.73 Å². The van der Waals surface area contributed by atoms with E-state index in [0.29, 0.717) is 5.95 Å². The standard InChI is InChI=1S/C17H19N3/c1-3-6-13-7-4-5-8-15(13)20-16-11-12(2)9-10-14(16)19-17(20)18/h4-5,7-11H,3,6H2,1-2H3,(H2,18,19). The molecule has 3 rings (SSSR count). The molecule has 0 radical (unpaired) electrons. The molecule has 0 atom stereocenters. The third-order valence-corrected chi connectivity index (χ3v) is 3.59. The molecule has 0 amide bonds. The fourth-order valence-electron chi connectivity index (χ4n) is 2.67. The fourth-order valence-corrected chi connectivity index (χ4v) is 2.67. The van der Waals surface area contributed by atoms with Gasteiger partial charge < -0.3 is 5.73 Å². The average molecular weight is 265 g/mol. The predicted molar refractivity (Wildman–Crippen MR) is 84.2 cm³/mol. The number of rotatable bonds is 3. The number of aryl methyl sites for hydroxylation is 2. The number of imidazole rings is 1. The summed E-state index contributed by atoms with van der Waals surface area (Å²) in [6.07, 6.45) is 2.16. The minimum Gasteiger partial charge on any atom is -0.369 e. The summed E-state index contributed by atoms with van der Waals surface area (Å²) >= 11 is 0. The first-order valence-corrected chi connectivity index (χ1v) is 7.03. The zero-order chi connectivity index (χ0) is 14.1. The van der Waals surface area contributed by atoms with Gasteiger partial charge in [0.1, 0.15) is 0 Å². The van der Waals surface area contributed by atoms with Crippen molar-refractivity contribution in [2.45, 2.75) is 26.7 Å². The molecular weight excluding hydrogens is 246 g/mol. The Morgan fingerprint density at radius 1 is 1.15 bits per heavy atom. The number of nitrogens with zero attached hydrogens (tertiary/aromatic N) is 2. The number of benzene rings is 2. The molecule has 1 heterocycles. The van der Waals surface area contributed by atoms with Gasteiger partial charge in [-0.05, 0) is 42.7 Å². The van der Waals surface area contributed by atoms with Gasteiger partial charge in [-0.2, -0.15) is 0 Å². The van der Waals surface area contributed by atoms with E-state index in [0.717, 1.165) is 29.6 Å². The zero-order valence-corrected chi connectivity index (χ0v) is 11.9. The monoisotopic (exact) mass is 265 g/mol. The number of nitrogens with two attached hydrogens (primary N) is 1. The largest absolute Gasteiger partial charge is 0.369 e. The molecule has 0 aliphatic rings. The first-order valence-electron chi connectivity index (χ1n) is 7.03. The smallest absolute Gasteiger partial charge is 0.205 e. The van der Waals surface area contributed by atoms with Crippen molar-refractivity contribution < 1.29 is 0 Å². The number of hydrogen-bond donors (Lipinski definition) is 1. The van der Waals surface area contributed by atoms with Crippen LogP contribution in [0.15, 0.2) is 42.5 Å². The zero-order valence-electron chi connectivity index (χ0n) is 11.9. The topological polar surface area (TPSA) is 43.8 Å². The van der Waals surface area contributed by atoms with E-state index in [1.807, 2.05) is 6.07 Å². The molecule has 20 heavy (non-hydrogen) atoms. The molecule has 0 saturated carbocycles. The van der Waals surface area contributed by atoms with E-state index in [1.54, 1.807) is 0 Å². The van der Waals surface area contributed by atoms with Crippen molar-refractivity contribution in [1.82, 2.24) is 9.55 Å². The van der Waals surface area contributed by atoms with E-state index >= 15 is 0 Å². The lowest BCUT2D eigenvalue weighted by molar-refractivity contribution is 0.905. The maximum Gasteiger partial charge on any atom is 0.205 e. The summed E-state index contributed by atoms with van der Waals surface area (Å²) in [6, 6.07) is 14.6. The quantitative estimate of drug-likeness (QED) is 0.781. The lowest BCUT2D eigenvalue weighted by Crippen LogP contribution is -2.04.